The number of aliphatic hydroxyl groups excluding tert-OH is 1. The van der Waals surface area contributed by atoms with Gasteiger partial charge in [-0.1, -0.05) is 82.3 Å². The van der Waals surface area contributed by atoms with Crippen LogP contribution in [0.2, 0.25) is 0 Å². The maximum Gasteiger partial charge on any atom is 0.245 e. The SMILES string of the molecule is CC(C)C[C@H]1NC(=O)[C@H](Cc2c[nH]c3ccccc23)NC(=O)[C@@H](CCCCN)NC(=O)[C@H](Cc2cnc[nH]2)NC(=O)[C@@H](CO)NC(=O)[C@H](Cc2c[nH]c3ccccc23)NC(=O)[C@@H](CC(C)C)NC(=O)[C@H](Cc2c[nH]c3ccccc23)NC1=O. The summed E-state index contributed by atoms with van der Waals surface area (Å²) in [6, 6.07) is 11.1. The molecule has 23 nitrogen and oxygen atoms in total. The van der Waals surface area contributed by atoms with E-state index in [9.17, 15) is 33.9 Å². The van der Waals surface area contributed by atoms with Gasteiger partial charge in [0.15, 0.2) is 0 Å². The lowest BCUT2D eigenvalue weighted by Gasteiger charge is -2.29. The zero-order valence-electron chi connectivity index (χ0n) is 47.1. The van der Waals surface area contributed by atoms with Crippen LogP contribution in [0, 0.1) is 11.8 Å². The minimum atomic E-state index is -1.68. The molecule has 1 aliphatic rings. The van der Waals surface area contributed by atoms with Gasteiger partial charge in [0.1, 0.15) is 48.3 Å². The average molecular weight is 1140 g/mol. The number of nitrogens with two attached hydrogens (primary N) is 1. The van der Waals surface area contributed by atoms with E-state index in [0.29, 0.717) is 35.2 Å². The summed E-state index contributed by atoms with van der Waals surface area (Å²) in [5.74, 6) is -6.75. The number of nitrogens with one attached hydrogen (secondary N) is 12. The summed E-state index contributed by atoms with van der Waals surface area (Å²) in [4.78, 5) is 135. The number of aromatic nitrogens is 5. The smallest absolute Gasteiger partial charge is 0.245 e. The van der Waals surface area contributed by atoms with Crippen molar-refractivity contribution in [3.8, 4) is 0 Å². The second kappa shape index (κ2) is 28.2. The Kier molecular flexibility index (Phi) is 20.5. The highest BCUT2D eigenvalue weighted by molar-refractivity contribution is 6.00. The molecule has 0 aliphatic carbocycles. The molecule has 1 fully saturated rings. The molecule has 23 heteroatoms. The first-order valence-electron chi connectivity index (χ1n) is 28.3. The Morgan fingerprint density at radius 3 is 1.14 bits per heavy atom. The number of rotatable bonds is 17. The number of hydrogen-bond donors (Lipinski definition) is 14. The number of unbranched alkanes of at least 4 members (excludes halogenated alkanes) is 1. The van der Waals surface area contributed by atoms with Crippen molar-refractivity contribution in [2.45, 2.75) is 134 Å². The molecule has 8 rings (SSSR count). The molecule has 3 aromatic carbocycles. The van der Waals surface area contributed by atoms with Gasteiger partial charge in [-0.15, -0.1) is 0 Å². The third-order valence-corrected chi connectivity index (χ3v) is 14.9. The van der Waals surface area contributed by atoms with E-state index in [4.69, 9.17) is 5.73 Å². The van der Waals surface area contributed by atoms with Crippen LogP contribution in [0.25, 0.3) is 32.7 Å². The third kappa shape index (κ3) is 15.8. The standard InChI is InChI=1S/C60H76N14O9/c1-33(2)21-46-54(77)71-49(24-36-28-64-43-17-9-6-14-40(36)43)57(80)69-47(22-34(3)4)55(78)72-50(25-37-29-65-44-18-10-7-15-41(37)44)58(81)74-52(31-75)60(83)73-51(26-38-30-62-32-66-38)59(82)67-45(19-11-12-20-61)53(76)70-48(56(79)68-46)23-35-27-63-42-16-8-5-13-39(35)42/h5-10,13-18,27-30,32-34,45-52,63-65,75H,11-12,19-26,31,61H2,1-4H3,(H,62,66)(H,67,82)(H,68,79)(H,69,80)(H,70,76)(H,71,77)(H,72,78)(H,73,83)(H,74,81)/t45-,46-,47-,48+,49+,50+,51+,52-/m1/s1. The maximum absolute atomic E-state index is 15.0. The summed E-state index contributed by atoms with van der Waals surface area (Å²) in [5.41, 5.74) is 10.6. The summed E-state index contributed by atoms with van der Waals surface area (Å²) in [6.07, 6.45) is 8.62. The normalized spacial score (nSPS) is 22.4. The van der Waals surface area contributed by atoms with Crippen LogP contribution in [0.5, 0.6) is 0 Å². The minimum absolute atomic E-state index is 0.0517. The zero-order valence-corrected chi connectivity index (χ0v) is 47.1. The van der Waals surface area contributed by atoms with Crippen LogP contribution >= 0.6 is 0 Å². The van der Waals surface area contributed by atoms with Crippen LogP contribution in [-0.4, -0.2) is 139 Å². The van der Waals surface area contributed by atoms with E-state index in [-0.39, 0.29) is 63.3 Å². The highest BCUT2D eigenvalue weighted by atomic mass is 16.3. The Morgan fingerprint density at radius 1 is 0.434 bits per heavy atom. The summed E-state index contributed by atoms with van der Waals surface area (Å²) in [7, 11) is 0. The minimum Gasteiger partial charge on any atom is -0.394 e. The van der Waals surface area contributed by atoms with Gasteiger partial charge >= 0.3 is 0 Å². The van der Waals surface area contributed by atoms with E-state index in [1.807, 2.05) is 100 Å². The average Bonchev–Trinajstić information content (AvgIpc) is 4.52. The first-order valence-corrected chi connectivity index (χ1v) is 28.3. The van der Waals surface area contributed by atoms with Crippen LogP contribution in [0.1, 0.15) is 82.2 Å². The molecule has 8 amide bonds. The van der Waals surface area contributed by atoms with Crippen LogP contribution in [-0.2, 0) is 64.0 Å². The van der Waals surface area contributed by atoms with Crippen molar-refractivity contribution in [2.75, 3.05) is 13.2 Å². The predicted molar refractivity (Wildman–Crippen MR) is 313 cm³/mol. The van der Waals surface area contributed by atoms with Crippen molar-refractivity contribution in [1.82, 2.24) is 67.5 Å². The highest BCUT2D eigenvalue weighted by Crippen LogP contribution is 2.23. The monoisotopic (exact) mass is 1140 g/mol. The van der Waals surface area contributed by atoms with Crippen molar-refractivity contribution in [3.05, 3.63) is 126 Å². The number of amides is 8. The lowest BCUT2D eigenvalue weighted by atomic mass is 9.98. The highest BCUT2D eigenvalue weighted by Gasteiger charge is 2.37. The molecule has 0 spiro atoms. The number of nitrogens with zero attached hydrogens (tertiary/aromatic N) is 1. The molecule has 0 bridgehead atoms. The van der Waals surface area contributed by atoms with Crippen LogP contribution < -0.4 is 48.3 Å². The number of aromatic amines is 4. The van der Waals surface area contributed by atoms with Crippen molar-refractivity contribution in [1.29, 1.82) is 0 Å². The molecular weight excluding hydrogens is 1060 g/mol. The Bertz CT molecular complexity index is 3380. The molecule has 83 heavy (non-hydrogen) atoms. The fraction of sp³-hybridized carbons (Fsp3) is 0.417. The van der Waals surface area contributed by atoms with Gasteiger partial charge < -0.3 is 73.3 Å². The van der Waals surface area contributed by atoms with Crippen molar-refractivity contribution in [3.63, 3.8) is 0 Å². The zero-order chi connectivity index (χ0) is 59.2. The maximum atomic E-state index is 15.0. The number of fused-ring (bicyclic) bond motifs is 3. The molecule has 0 unspecified atom stereocenters. The van der Waals surface area contributed by atoms with E-state index in [0.717, 1.165) is 32.7 Å². The molecule has 440 valence electrons. The molecule has 8 atom stereocenters. The van der Waals surface area contributed by atoms with E-state index < -0.39 is 102 Å². The van der Waals surface area contributed by atoms with Crippen LogP contribution in [0.4, 0.5) is 0 Å². The lowest BCUT2D eigenvalue weighted by molar-refractivity contribution is -0.137. The second-order valence-electron chi connectivity index (χ2n) is 22.2. The summed E-state index contributed by atoms with van der Waals surface area (Å²) in [6.45, 7) is 6.78. The number of imidazole rings is 1. The van der Waals surface area contributed by atoms with E-state index >= 15 is 9.59 Å². The molecule has 1 aliphatic heterocycles. The number of benzene rings is 3. The second-order valence-corrected chi connectivity index (χ2v) is 22.2. The Labute approximate surface area is 480 Å². The largest absolute Gasteiger partial charge is 0.394 e. The Hall–Kier alpha value is -8.83. The summed E-state index contributed by atoms with van der Waals surface area (Å²) >= 11 is 0. The number of H-pyrrole nitrogens is 4. The molecule has 15 N–H and O–H groups in total. The van der Waals surface area contributed by atoms with Gasteiger partial charge in [0.25, 0.3) is 0 Å². The summed E-state index contributed by atoms with van der Waals surface area (Å²) < 4.78 is 0. The molecule has 0 saturated carbocycles. The fourth-order valence-corrected chi connectivity index (χ4v) is 10.6. The first-order chi connectivity index (χ1) is 40.0. The lowest BCUT2D eigenvalue weighted by Crippen LogP contribution is -2.62. The van der Waals surface area contributed by atoms with Crippen molar-refractivity contribution < 1.29 is 43.5 Å². The number of para-hydroxylation sites is 3. The van der Waals surface area contributed by atoms with Gasteiger partial charge in [0.2, 0.25) is 47.3 Å². The quantitative estimate of drug-likeness (QED) is 0.0587. The number of carbonyl (C=O) groups excluding carboxylic acids is 8. The molecule has 0 radical (unpaired) electrons. The Balaban J connectivity index is 1.20. The molecule has 5 heterocycles. The molecule has 4 aromatic heterocycles. The topological polar surface area (TPSA) is 355 Å². The van der Waals surface area contributed by atoms with Gasteiger partial charge in [-0.3, -0.25) is 38.4 Å². The Morgan fingerprint density at radius 2 is 0.771 bits per heavy atom. The number of hydrogen-bond acceptors (Lipinski definition) is 11. The van der Waals surface area contributed by atoms with Crippen molar-refractivity contribution >= 4 is 80.0 Å². The number of aliphatic hydroxyl groups is 1. The number of carbonyl (C=O) groups is 8. The van der Waals surface area contributed by atoms with Crippen LogP contribution in [0.3, 0.4) is 0 Å². The van der Waals surface area contributed by atoms with Crippen molar-refractivity contribution in [2.24, 2.45) is 17.6 Å². The molecule has 1 saturated heterocycles. The van der Waals surface area contributed by atoms with Gasteiger partial charge in [-0.2, -0.15) is 0 Å². The fourth-order valence-electron chi connectivity index (χ4n) is 10.6. The van der Waals surface area contributed by atoms with Gasteiger partial charge in [0, 0.05) is 88.9 Å². The van der Waals surface area contributed by atoms with E-state index in [2.05, 4.69) is 67.5 Å². The van der Waals surface area contributed by atoms with Crippen LogP contribution in [0.15, 0.2) is 104 Å². The molecule has 7 aromatic rings. The van der Waals surface area contributed by atoms with E-state index in [1.54, 1.807) is 18.6 Å². The van der Waals surface area contributed by atoms with Gasteiger partial charge in [-0.05, 0) is 85.4 Å². The van der Waals surface area contributed by atoms with E-state index in [1.165, 1.54) is 12.5 Å². The third-order valence-electron chi connectivity index (χ3n) is 14.9. The van der Waals surface area contributed by atoms with Gasteiger partial charge in [0.05, 0.1) is 12.9 Å². The van der Waals surface area contributed by atoms with Gasteiger partial charge in [-0.25, -0.2) is 4.98 Å². The first kappa shape index (κ1) is 60.3. The summed E-state index contributed by atoms with van der Waals surface area (Å²) in [5, 5.41) is 35.5. The predicted octanol–water partition coefficient (Wildman–Crippen LogP) is 2.23. The molecular formula is C60H76N14O9.